The van der Waals surface area contributed by atoms with Crippen molar-refractivity contribution in [2.24, 2.45) is 10.1 Å². The number of aromatic nitrogens is 3. The number of para-hydroxylation sites is 2. The van der Waals surface area contributed by atoms with Crippen molar-refractivity contribution in [3.05, 3.63) is 116 Å². The lowest BCUT2D eigenvalue weighted by molar-refractivity contribution is -0.384. The number of H-pyrrole nitrogens is 1. The van der Waals surface area contributed by atoms with Crippen LogP contribution in [0, 0.1) is 32.8 Å². The van der Waals surface area contributed by atoms with Crippen LogP contribution in [0.25, 0.3) is 22.2 Å². The summed E-state index contributed by atoms with van der Waals surface area (Å²) in [6.45, 7) is 1.63. The van der Waals surface area contributed by atoms with Crippen LogP contribution in [-0.4, -0.2) is 38.6 Å². The molecule has 0 fully saturated rings. The van der Waals surface area contributed by atoms with Crippen molar-refractivity contribution in [3.8, 4) is 29.0 Å². The molecule has 0 amide bonds. The van der Waals surface area contributed by atoms with Crippen molar-refractivity contribution < 1.29 is 9.66 Å². The van der Waals surface area contributed by atoms with Crippen molar-refractivity contribution in [2.75, 3.05) is 7.11 Å². The molecular weight excluding hydrogens is 536 g/mol. The summed E-state index contributed by atoms with van der Waals surface area (Å²) >= 11 is 0. The molecule has 12 nitrogen and oxygen atoms in total. The fraction of sp³-hybridized carbons (Fsp3) is 0.0667. The maximum Gasteiger partial charge on any atom is 0.291 e. The molecule has 0 saturated carbocycles. The molecule has 12 heteroatoms. The van der Waals surface area contributed by atoms with E-state index in [1.54, 1.807) is 31.2 Å². The van der Waals surface area contributed by atoms with Crippen LogP contribution in [-0.2, 0) is 0 Å². The summed E-state index contributed by atoms with van der Waals surface area (Å²) in [4.78, 5) is 36.6. The highest BCUT2D eigenvalue weighted by Gasteiger charge is 2.24. The van der Waals surface area contributed by atoms with Gasteiger partial charge in [0.1, 0.15) is 34.7 Å². The van der Waals surface area contributed by atoms with Gasteiger partial charge in [-0.15, -0.1) is 0 Å². The minimum absolute atomic E-state index is 0.00877. The molecular formula is C30H20N8O4. The fourth-order valence-corrected chi connectivity index (χ4v) is 4.29. The van der Waals surface area contributed by atoms with E-state index in [0.29, 0.717) is 28.4 Å². The van der Waals surface area contributed by atoms with Crippen molar-refractivity contribution in [1.29, 1.82) is 10.5 Å². The number of imidazole rings is 1. The van der Waals surface area contributed by atoms with Gasteiger partial charge in [-0.05, 0) is 54.4 Å². The van der Waals surface area contributed by atoms with Crippen LogP contribution < -0.4 is 10.3 Å². The van der Waals surface area contributed by atoms with E-state index in [-0.39, 0.29) is 33.8 Å². The van der Waals surface area contributed by atoms with E-state index in [4.69, 9.17) is 4.74 Å². The van der Waals surface area contributed by atoms with Gasteiger partial charge in [-0.2, -0.15) is 20.3 Å². The highest BCUT2D eigenvalue weighted by atomic mass is 16.6. The molecule has 0 aliphatic heterocycles. The van der Waals surface area contributed by atoms with Crippen LogP contribution in [0.15, 0.2) is 87.7 Å². The second kappa shape index (κ2) is 11.4. The molecule has 204 valence electrons. The molecule has 0 bridgehead atoms. The van der Waals surface area contributed by atoms with Crippen molar-refractivity contribution >= 4 is 34.5 Å². The number of hydrogen-bond donors (Lipinski definition) is 1. The average molecular weight is 557 g/mol. The standard InChI is InChI=1S/C30H20N8O4/c1-18(28-34-25-8-3-4-9-26(25)35-28)36-37-29(33-17-19-6-5-7-22(14-19)42-2)23(15-31)27(24(16-32)30(37)39)20-10-12-21(13-11-20)38(40)41/h3-14,17H,1-2H3,(H,34,35)/b33-17+,36-18+. The fourth-order valence-electron chi connectivity index (χ4n) is 4.29. The van der Waals surface area contributed by atoms with Gasteiger partial charge in [0.05, 0.1) is 23.1 Å². The number of nitro groups is 1. The topological polar surface area (TPSA) is 175 Å². The molecule has 2 heterocycles. The lowest BCUT2D eigenvalue weighted by Crippen LogP contribution is -2.23. The number of benzene rings is 3. The molecule has 5 rings (SSSR count). The zero-order valence-corrected chi connectivity index (χ0v) is 22.3. The number of methoxy groups -OCH3 is 1. The Bertz CT molecular complexity index is 2030. The largest absolute Gasteiger partial charge is 0.497 e. The number of nitro benzene ring substituents is 1. The normalized spacial score (nSPS) is 11.4. The van der Waals surface area contributed by atoms with E-state index in [1.165, 1.54) is 37.6 Å². The third-order valence-corrected chi connectivity index (χ3v) is 6.33. The van der Waals surface area contributed by atoms with Gasteiger partial charge in [0, 0.05) is 23.9 Å². The van der Waals surface area contributed by atoms with Gasteiger partial charge >= 0.3 is 0 Å². The van der Waals surface area contributed by atoms with Crippen LogP contribution in [0.2, 0.25) is 0 Å². The molecule has 0 atom stereocenters. The van der Waals surface area contributed by atoms with Crippen LogP contribution in [0.3, 0.4) is 0 Å². The third kappa shape index (κ3) is 5.11. The highest BCUT2D eigenvalue weighted by Crippen LogP contribution is 2.33. The van der Waals surface area contributed by atoms with Crippen LogP contribution in [0.1, 0.15) is 29.4 Å². The van der Waals surface area contributed by atoms with Gasteiger partial charge in [-0.3, -0.25) is 14.9 Å². The number of ether oxygens (including phenoxy) is 1. The Hall–Kier alpha value is -6.40. The Kier molecular flexibility index (Phi) is 7.36. The molecule has 0 saturated heterocycles. The van der Waals surface area contributed by atoms with Crippen LogP contribution in [0.5, 0.6) is 5.75 Å². The number of hydrogen-bond acceptors (Lipinski definition) is 9. The number of nitrogens with zero attached hydrogens (tertiary/aromatic N) is 7. The molecule has 0 unspecified atom stereocenters. The molecule has 0 spiro atoms. The Morgan fingerprint density at radius 1 is 1.07 bits per heavy atom. The predicted octanol–water partition coefficient (Wildman–Crippen LogP) is 5.07. The van der Waals surface area contributed by atoms with E-state index < -0.39 is 10.5 Å². The molecule has 42 heavy (non-hydrogen) atoms. The summed E-state index contributed by atoms with van der Waals surface area (Å²) in [5, 5.41) is 36.0. The number of rotatable bonds is 7. The summed E-state index contributed by atoms with van der Waals surface area (Å²) in [5.41, 5.74) is 1.08. The van der Waals surface area contributed by atoms with Crippen LogP contribution in [0.4, 0.5) is 11.5 Å². The van der Waals surface area contributed by atoms with Gasteiger partial charge in [0.15, 0.2) is 11.6 Å². The third-order valence-electron chi connectivity index (χ3n) is 6.33. The van der Waals surface area contributed by atoms with E-state index in [1.807, 2.05) is 30.3 Å². The number of fused-ring (bicyclic) bond motifs is 1. The number of aromatic amines is 1. The van der Waals surface area contributed by atoms with E-state index in [9.17, 15) is 25.4 Å². The Morgan fingerprint density at radius 3 is 2.48 bits per heavy atom. The number of aliphatic imine (C=N–C) groups is 1. The lowest BCUT2D eigenvalue weighted by atomic mass is 9.96. The summed E-state index contributed by atoms with van der Waals surface area (Å²) in [7, 11) is 1.52. The lowest BCUT2D eigenvalue weighted by Gasteiger charge is -2.13. The van der Waals surface area contributed by atoms with Gasteiger partial charge in [0.2, 0.25) is 0 Å². The number of non-ortho nitro benzene ring substituents is 1. The van der Waals surface area contributed by atoms with Crippen molar-refractivity contribution in [3.63, 3.8) is 0 Å². The van der Waals surface area contributed by atoms with Gasteiger partial charge in [-0.1, -0.05) is 24.3 Å². The summed E-state index contributed by atoms with van der Waals surface area (Å²) < 4.78 is 6.16. The zero-order chi connectivity index (χ0) is 29.8. The molecule has 0 radical (unpaired) electrons. The molecule has 1 N–H and O–H groups in total. The van der Waals surface area contributed by atoms with E-state index in [2.05, 4.69) is 26.1 Å². The molecule has 0 aliphatic rings. The second-order valence-electron chi connectivity index (χ2n) is 8.92. The van der Waals surface area contributed by atoms with Crippen molar-refractivity contribution in [1.82, 2.24) is 14.6 Å². The predicted molar refractivity (Wildman–Crippen MR) is 156 cm³/mol. The van der Waals surface area contributed by atoms with Gasteiger partial charge in [-0.25, -0.2) is 9.98 Å². The average Bonchev–Trinajstić information content (AvgIpc) is 3.46. The summed E-state index contributed by atoms with van der Waals surface area (Å²) in [6.07, 6.45) is 1.44. The number of pyridine rings is 1. The zero-order valence-electron chi connectivity index (χ0n) is 22.3. The first kappa shape index (κ1) is 27.2. The first-order chi connectivity index (χ1) is 20.3. The van der Waals surface area contributed by atoms with E-state index >= 15 is 0 Å². The van der Waals surface area contributed by atoms with Gasteiger partial charge in [0.25, 0.3) is 11.2 Å². The van der Waals surface area contributed by atoms with Crippen LogP contribution >= 0.6 is 0 Å². The first-order valence-corrected chi connectivity index (χ1v) is 12.4. The Balaban J connectivity index is 1.78. The first-order valence-electron chi connectivity index (χ1n) is 12.4. The maximum absolute atomic E-state index is 13.8. The van der Waals surface area contributed by atoms with E-state index in [0.717, 1.165) is 10.2 Å². The molecule has 0 aliphatic carbocycles. The number of nitrogens with one attached hydrogen (secondary N) is 1. The minimum atomic E-state index is -0.835. The molecule has 5 aromatic rings. The van der Waals surface area contributed by atoms with Gasteiger partial charge < -0.3 is 9.72 Å². The molecule has 3 aromatic carbocycles. The SMILES string of the molecule is COc1cccc(/C=N/c2c(C#N)c(-c3ccc([N+](=O)[O-])cc3)c(C#N)c(=O)n2/N=C(\C)c2nc3ccccc3[nH]2)c1. The summed E-state index contributed by atoms with van der Waals surface area (Å²) in [5.74, 6) is 0.803. The highest BCUT2D eigenvalue weighted by molar-refractivity contribution is 5.98. The number of nitriles is 2. The minimum Gasteiger partial charge on any atom is -0.497 e. The summed E-state index contributed by atoms with van der Waals surface area (Å²) in [6, 6.07) is 23.5. The Morgan fingerprint density at radius 2 is 1.81 bits per heavy atom. The Labute approximate surface area is 238 Å². The maximum atomic E-state index is 13.8. The smallest absolute Gasteiger partial charge is 0.291 e. The second-order valence-corrected chi connectivity index (χ2v) is 8.92. The molecule has 2 aromatic heterocycles. The quantitative estimate of drug-likeness (QED) is 0.165. The van der Waals surface area contributed by atoms with Crippen molar-refractivity contribution in [2.45, 2.75) is 6.92 Å². The monoisotopic (exact) mass is 556 g/mol.